The first-order valence-electron chi connectivity index (χ1n) is 12.3. The fourth-order valence-electron chi connectivity index (χ4n) is 4.43. The predicted octanol–water partition coefficient (Wildman–Crippen LogP) is 6.68. The van der Waals surface area contributed by atoms with Gasteiger partial charge in [-0.25, -0.2) is 9.37 Å². The van der Waals surface area contributed by atoms with Crippen LogP contribution in [0.25, 0.3) is 17.3 Å². The van der Waals surface area contributed by atoms with E-state index in [1.54, 1.807) is 63.6 Å². The van der Waals surface area contributed by atoms with Crippen molar-refractivity contribution in [1.82, 2.24) is 24.6 Å². The summed E-state index contributed by atoms with van der Waals surface area (Å²) >= 11 is 15.6. The summed E-state index contributed by atoms with van der Waals surface area (Å²) in [5, 5.41) is 12.8. The molecule has 0 bridgehead atoms. The lowest BCUT2D eigenvalue weighted by molar-refractivity contribution is 0.0741. The number of nitrogens with zero attached hydrogens (tertiary/aromatic N) is 6. The molecule has 2 aromatic carbocycles. The van der Waals surface area contributed by atoms with Gasteiger partial charge in [-0.2, -0.15) is 0 Å². The van der Waals surface area contributed by atoms with Gasteiger partial charge in [0.05, 0.1) is 28.4 Å². The molecule has 8 nitrogen and oxygen atoms in total. The van der Waals surface area contributed by atoms with Gasteiger partial charge < -0.3 is 14.2 Å². The van der Waals surface area contributed by atoms with E-state index in [0.717, 1.165) is 5.01 Å². The number of aromatic nitrogens is 4. The molecule has 1 aliphatic heterocycles. The Bertz CT molecular complexity index is 1650. The number of halogens is 3. The van der Waals surface area contributed by atoms with Crippen molar-refractivity contribution in [1.29, 1.82) is 0 Å². The number of anilines is 1. The molecule has 3 aromatic heterocycles. The van der Waals surface area contributed by atoms with E-state index >= 15 is 0 Å². The lowest BCUT2D eigenvalue weighted by Gasteiger charge is -2.35. The minimum absolute atomic E-state index is 0.130. The summed E-state index contributed by atoms with van der Waals surface area (Å²) in [7, 11) is 0. The summed E-state index contributed by atoms with van der Waals surface area (Å²) in [6.45, 7) is 2.10. The molecule has 1 aliphatic rings. The average molecular weight is 616 g/mol. The smallest absolute Gasteiger partial charge is 0.273 e. The maximum Gasteiger partial charge on any atom is 0.273 e. The molecule has 4 heterocycles. The third-order valence-electron chi connectivity index (χ3n) is 6.38. The van der Waals surface area contributed by atoms with Crippen molar-refractivity contribution >= 4 is 57.9 Å². The number of rotatable bonds is 7. The van der Waals surface area contributed by atoms with E-state index in [1.165, 1.54) is 29.2 Å². The fourth-order valence-corrected chi connectivity index (χ4v) is 6.52. The van der Waals surface area contributed by atoms with Crippen LogP contribution in [0.4, 0.5) is 10.1 Å². The number of para-hydroxylation sites is 1. The monoisotopic (exact) mass is 614 g/mol. The maximum atomic E-state index is 14.2. The van der Waals surface area contributed by atoms with E-state index in [-0.39, 0.29) is 11.7 Å². The van der Waals surface area contributed by atoms with Crippen molar-refractivity contribution in [2.45, 2.75) is 10.9 Å². The molecule has 0 atom stereocenters. The Morgan fingerprint density at radius 2 is 1.85 bits per heavy atom. The number of piperazine rings is 1. The molecule has 5 aromatic rings. The second-order valence-corrected chi connectivity index (χ2v) is 11.6. The van der Waals surface area contributed by atoms with E-state index in [9.17, 15) is 9.18 Å². The van der Waals surface area contributed by atoms with E-state index in [4.69, 9.17) is 27.6 Å². The number of hydrogen-bond acceptors (Lipinski definition) is 8. The molecular formula is C27H21Cl2FN6O2S2. The molecule has 13 heteroatoms. The quantitative estimate of drug-likeness (QED) is 0.189. The number of thiazole rings is 1. The van der Waals surface area contributed by atoms with Gasteiger partial charge in [0.15, 0.2) is 10.9 Å². The Morgan fingerprint density at radius 3 is 2.62 bits per heavy atom. The van der Waals surface area contributed by atoms with Crippen molar-refractivity contribution in [2.24, 2.45) is 0 Å². The van der Waals surface area contributed by atoms with Crippen LogP contribution in [0.15, 0.2) is 75.8 Å². The molecule has 0 radical (unpaired) electrons. The number of hydrogen-bond donors (Lipinski definition) is 0. The molecule has 0 N–H and O–H groups in total. The maximum absolute atomic E-state index is 14.2. The van der Waals surface area contributed by atoms with Crippen LogP contribution in [0.2, 0.25) is 10.0 Å². The van der Waals surface area contributed by atoms with Gasteiger partial charge >= 0.3 is 0 Å². The van der Waals surface area contributed by atoms with Gasteiger partial charge in [0, 0.05) is 36.6 Å². The summed E-state index contributed by atoms with van der Waals surface area (Å²) in [5.41, 5.74) is 1.58. The first-order chi connectivity index (χ1) is 19.5. The summed E-state index contributed by atoms with van der Waals surface area (Å²) in [5.74, 6) is 1.10. The van der Waals surface area contributed by atoms with Crippen LogP contribution in [0, 0.1) is 5.82 Å². The molecule has 1 amide bonds. The van der Waals surface area contributed by atoms with Gasteiger partial charge in [0.1, 0.15) is 16.5 Å². The molecule has 1 fully saturated rings. The Hall–Kier alpha value is -3.38. The van der Waals surface area contributed by atoms with E-state index in [2.05, 4.69) is 15.2 Å². The molecule has 1 saturated heterocycles. The lowest BCUT2D eigenvalue weighted by atomic mass is 10.2. The number of benzene rings is 2. The molecule has 204 valence electrons. The predicted molar refractivity (Wildman–Crippen MR) is 155 cm³/mol. The third kappa shape index (κ3) is 5.46. The highest BCUT2D eigenvalue weighted by molar-refractivity contribution is 7.98. The first kappa shape index (κ1) is 26.8. The van der Waals surface area contributed by atoms with Gasteiger partial charge in [0.25, 0.3) is 5.91 Å². The van der Waals surface area contributed by atoms with Crippen LogP contribution in [0.3, 0.4) is 0 Å². The van der Waals surface area contributed by atoms with Crippen molar-refractivity contribution in [3.8, 4) is 17.3 Å². The second-order valence-electron chi connectivity index (χ2n) is 8.86. The topological polar surface area (TPSA) is 80.3 Å². The normalized spacial score (nSPS) is 13.7. The van der Waals surface area contributed by atoms with Crippen LogP contribution < -0.4 is 4.90 Å². The number of carbonyl (C=O) groups excluding carboxylic acids is 1. The number of thioether (sulfide) groups is 1. The summed E-state index contributed by atoms with van der Waals surface area (Å²) in [4.78, 5) is 21.5. The van der Waals surface area contributed by atoms with Crippen LogP contribution in [-0.4, -0.2) is 56.7 Å². The summed E-state index contributed by atoms with van der Waals surface area (Å²) < 4.78 is 21.5. The van der Waals surface area contributed by atoms with Crippen molar-refractivity contribution < 1.29 is 13.6 Å². The minimum atomic E-state index is -0.256. The zero-order valence-corrected chi connectivity index (χ0v) is 24.0. The van der Waals surface area contributed by atoms with Gasteiger partial charge in [-0.3, -0.25) is 9.36 Å². The Balaban J connectivity index is 1.15. The average Bonchev–Trinajstić information content (AvgIpc) is 3.74. The van der Waals surface area contributed by atoms with Crippen molar-refractivity contribution in [3.05, 3.63) is 92.8 Å². The van der Waals surface area contributed by atoms with Crippen molar-refractivity contribution in [2.75, 3.05) is 31.1 Å². The fraction of sp³-hybridized carbons (Fsp3) is 0.185. The molecular weight excluding hydrogens is 594 g/mol. The highest BCUT2D eigenvalue weighted by atomic mass is 35.5. The standard InChI is InChI=1S/C27H21Cl2FN6O2S2/c28-17-7-8-18(29)22(14-17)36-25(23-6-3-13-38-23)32-33-27(36)40-16-24-31-20(15-39-24)26(37)35-11-9-34(10-12-35)21-5-2-1-4-19(21)30/h1-8,13-15H,9-12,16H2. The van der Waals surface area contributed by atoms with Gasteiger partial charge in [-0.05, 0) is 42.5 Å². The van der Waals surface area contributed by atoms with Crippen molar-refractivity contribution in [3.63, 3.8) is 0 Å². The van der Waals surface area contributed by atoms with E-state index in [1.807, 2.05) is 11.0 Å². The zero-order chi connectivity index (χ0) is 27.6. The molecule has 40 heavy (non-hydrogen) atoms. The number of amides is 1. The van der Waals surface area contributed by atoms with Crippen LogP contribution in [0.1, 0.15) is 15.5 Å². The van der Waals surface area contributed by atoms with Gasteiger partial charge in [0.2, 0.25) is 5.82 Å². The molecule has 0 spiro atoms. The molecule has 0 aliphatic carbocycles. The number of furan rings is 1. The van der Waals surface area contributed by atoms with Gasteiger partial charge in [-0.1, -0.05) is 47.1 Å². The Labute approximate surface area is 247 Å². The second kappa shape index (κ2) is 11.6. The third-order valence-corrected chi connectivity index (χ3v) is 8.91. The Morgan fingerprint density at radius 1 is 1.02 bits per heavy atom. The van der Waals surface area contributed by atoms with E-state index in [0.29, 0.717) is 75.8 Å². The van der Waals surface area contributed by atoms with Crippen LogP contribution >= 0.6 is 46.3 Å². The van der Waals surface area contributed by atoms with Crippen LogP contribution in [0.5, 0.6) is 0 Å². The van der Waals surface area contributed by atoms with E-state index < -0.39 is 0 Å². The minimum Gasteiger partial charge on any atom is -0.461 e. The molecule has 0 saturated carbocycles. The number of carbonyl (C=O) groups is 1. The Kier molecular flexibility index (Phi) is 7.79. The first-order valence-corrected chi connectivity index (χ1v) is 14.9. The molecule has 6 rings (SSSR count). The van der Waals surface area contributed by atoms with Crippen LogP contribution in [-0.2, 0) is 5.75 Å². The SMILES string of the molecule is O=C(c1csc(CSc2nnc(-c3ccco3)n2-c2cc(Cl)ccc2Cl)n1)N1CCN(c2ccccc2F)CC1. The summed E-state index contributed by atoms with van der Waals surface area (Å²) in [6.07, 6.45) is 1.56. The highest BCUT2D eigenvalue weighted by Crippen LogP contribution is 2.34. The van der Waals surface area contributed by atoms with Gasteiger partial charge in [-0.15, -0.1) is 21.5 Å². The lowest BCUT2D eigenvalue weighted by Crippen LogP contribution is -2.49. The summed E-state index contributed by atoms with van der Waals surface area (Å²) in [6, 6.07) is 15.4. The molecule has 0 unspecified atom stereocenters. The highest BCUT2D eigenvalue weighted by Gasteiger charge is 2.26. The zero-order valence-electron chi connectivity index (χ0n) is 20.8. The largest absolute Gasteiger partial charge is 0.461 e.